The van der Waals surface area contributed by atoms with Crippen LogP contribution in [0.25, 0.3) is 0 Å². The number of methoxy groups -OCH3 is 1. The summed E-state index contributed by atoms with van der Waals surface area (Å²) in [5, 5.41) is 0. The van der Waals surface area contributed by atoms with Crippen LogP contribution in [-0.2, 0) is 4.74 Å². The van der Waals surface area contributed by atoms with Crippen LogP contribution in [-0.4, -0.2) is 36.5 Å². The molecule has 1 aliphatic heterocycles. The van der Waals surface area contributed by atoms with Crippen LogP contribution in [0.2, 0.25) is 0 Å². The second kappa shape index (κ2) is 4.06. The highest BCUT2D eigenvalue weighted by atomic mass is 16.5. The van der Waals surface area contributed by atoms with E-state index in [0.29, 0.717) is 17.7 Å². The highest BCUT2D eigenvalue weighted by Crippen LogP contribution is 2.22. The van der Waals surface area contributed by atoms with E-state index in [4.69, 9.17) is 4.74 Å². The third-order valence-electron chi connectivity index (χ3n) is 2.72. The highest BCUT2D eigenvalue weighted by Gasteiger charge is 2.35. The van der Waals surface area contributed by atoms with Gasteiger partial charge in [-0.05, 0) is 19.1 Å². The fourth-order valence-corrected chi connectivity index (χ4v) is 1.74. The van der Waals surface area contributed by atoms with E-state index >= 15 is 0 Å². The molecule has 0 unspecified atom stereocenters. The van der Waals surface area contributed by atoms with Crippen molar-refractivity contribution in [3.63, 3.8) is 0 Å². The van der Waals surface area contributed by atoms with Crippen molar-refractivity contribution in [2.24, 2.45) is 0 Å². The number of hydrogen-bond acceptors (Lipinski definition) is 3. The molecule has 0 spiro atoms. The third-order valence-corrected chi connectivity index (χ3v) is 2.72. The number of nitrogens with zero attached hydrogens (tertiary/aromatic N) is 1. The average molecular weight is 219 g/mol. The predicted molar refractivity (Wildman–Crippen MR) is 58.3 cm³/mol. The monoisotopic (exact) mass is 219 g/mol. The lowest BCUT2D eigenvalue weighted by Crippen LogP contribution is -2.36. The van der Waals surface area contributed by atoms with Crippen LogP contribution in [0.3, 0.4) is 0 Å². The Bertz CT molecular complexity index is 407. The maximum atomic E-state index is 11.9. The number of benzene rings is 1. The zero-order chi connectivity index (χ0) is 11.7. The molecule has 0 radical (unpaired) electrons. The van der Waals surface area contributed by atoms with Gasteiger partial charge in [0.25, 0.3) is 11.8 Å². The summed E-state index contributed by atoms with van der Waals surface area (Å²) in [6.07, 6.45) is -0.151. The molecule has 1 aromatic rings. The highest BCUT2D eigenvalue weighted by molar-refractivity contribution is 6.21. The third kappa shape index (κ3) is 1.61. The van der Waals surface area contributed by atoms with Gasteiger partial charge in [0.05, 0.1) is 23.8 Å². The molecule has 0 N–H and O–H groups in total. The number of ether oxygens (including phenoxy) is 1. The Balaban J connectivity index is 2.28. The van der Waals surface area contributed by atoms with Gasteiger partial charge in [0.1, 0.15) is 0 Å². The minimum absolute atomic E-state index is 0.151. The van der Waals surface area contributed by atoms with Crippen LogP contribution in [0.1, 0.15) is 27.6 Å². The van der Waals surface area contributed by atoms with E-state index in [9.17, 15) is 9.59 Å². The van der Waals surface area contributed by atoms with Gasteiger partial charge < -0.3 is 4.74 Å². The first-order chi connectivity index (χ1) is 7.65. The molecule has 4 nitrogen and oxygen atoms in total. The molecule has 2 amide bonds. The van der Waals surface area contributed by atoms with Crippen LogP contribution < -0.4 is 0 Å². The number of amides is 2. The number of rotatable bonds is 3. The van der Waals surface area contributed by atoms with Crippen LogP contribution in [0.15, 0.2) is 24.3 Å². The normalized spacial score (nSPS) is 16.5. The Labute approximate surface area is 93.8 Å². The molecule has 1 aromatic carbocycles. The molecule has 1 heterocycles. The standard InChI is InChI=1S/C12H13NO3/c1-8(16-2)7-13-11(14)9-5-3-4-6-10(9)12(13)15/h3-6,8H,7H2,1-2H3/t8-/m1/s1. The Morgan fingerprint density at radius 2 is 1.69 bits per heavy atom. The maximum Gasteiger partial charge on any atom is 0.261 e. The molecule has 0 bridgehead atoms. The fraction of sp³-hybridized carbons (Fsp3) is 0.333. The van der Waals surface area contributed by atoms with Crippen molar-refractivity contribution in [1.29, 1.82) is 0 Å². The second-order valence-electron chi connectivity index (χ2n) is 3.81. The molecule has 0 saturated carbocycles. The van der Waals surface area contributed by atoms with Crippen molar-refractivity contribution in [2.45, 2.75) is 13.0 Å². The van der Waals surface area contributed by atoms with Gasteiger partial charge in [-0.1, -0.05) is 12.1 Å². The van der Waals surface area contributed by atoms with E-state index in [2.05, 4.69) is 0 Å². The van der Waals surface area contributed by atoms with Crippen molar-refractivity contribution >= 4 is 11.8 Å². The minimum Gasteiger partial charge on any atom is -0.380 e. The van der Waals surface area contributed by atoms with Crippen LogP contribution in [0.4, 0.5) is 0 Å². The zero-order valence-electron chi connectivity index (χ0n) is 9.27. The van der Waals surface area contributed by atoms with E-state index in [1.807, 2.05) is 6.92 Å². The van der Waals surface area contributed by atoms with Gasteiger partial charge >= 0.3 is 0 Å². The summed E-state index contributed by atoms with van der Waals surface area (Å²) in [6.45, 7) is 2.12. The van der Waals surface area contributed by atoms with Gasteiger partial charge in [0.15, 0.2) is 0 Å². The summed E-state index contributed by atoms with van der Waals surface area (Å²) in [7, 11) is 1.56. The molecule has 4 heteroatoms. The van der Waals surface area contributed by atoms with E-state index in [1.165, 1.54) is 4.90 Å². The van der Waals surface area contributed by atoms with Crippen molar-refractivity contribution < 1.29 is 14.3 Å². The molecular formula is C12H13NO3. The Morgan fingerprint density at radius 1 is 1.19 bits per heavy atom. The lowest BCUT2D eigenvalue weighted by atomic mass is 10.1. The number of carbonyl (C=O) groups is 2. The van der Waals surface area contributed by atoms with Crippen LogP contribution in [0, 0.1) is 0 Å². The molecule has 0 fully saturated rings. The number of carbonyl (C=O) groups excluding carboxylic acids is 2. The average Bonchev–Trinajstić information content (AvgIpc) is 2.55. The van der Waals surface area contributed by atoms with Crippen molar-refractivity contribution in [3.05, 3.63) is 35.4 Å². The first-order valence-corrected chi connectivity index (χ1v) is 5.13. The molecule has 0 aliphatic carbocycles. The lowest BCUT2D eigenvalue weighted by Gasteiger charge is -2.17. The molecule has 16 heavy (non-hydrogen) atoms. The van der Waals surface area contributed by atoms with Gasteiger partial charge in [0, 0.05) is 7.11 Å². The summed E-state index contributed by atoms with van der Waals surface area (Å²) in [6, 6.07) is 6.86. The maximum absolute atomic E-state index is 11.9. The summed E-state index contributed by atoms with van der Waals surface area (Å²) in [5.74, 6) is -0.464. The second-order valence-corrected chi connectivity index (χ2v) is 3.81. The molecule has 0 saturated heterocycles. The topological polar surface area (TPSA) is 46.6 Å². The van der Waals surface area contributed by atoms with Gasteiger partial charge in [-0.3, -0.25) is 14.5 Å². The molecule has 0 aromatic heterocycles. The molecule has 84 valence electrons. The Hall–Kier alpha value is -1.68. The van der Waals surface area contributed by atoms with Crippen LogP contribution in [0.5, 0.6) is 0 Å². The Morgan fingerprint density at radius 3 is 2.12 bits per heavy atom. The first kappa shape index (κ1) is 10.8. The predicted octanol–water partition coefficient (Wildman–Crippen LogP) is 1.32. The number of fused-ring (bicyclic) bond motifs is 1. The summed E-state index contributed by atoms with van der Waals surface area (Å²) in [5.41, 5.74) is 0.964. The summed E-state index contributed by atoms with van der Waals surface area (Å²) >= 11 is 0. The molecule has 1 aliphatic rings. The quantitative estimate of drug-likeness (QED) is 0.720. The smallest absolute Gasteiger partial charge is 0.261 e. The zero-order valence-corrected chi connectivity index (χ0v) is 9.27. The minimum atomic E-state index is -0.232. The van der Waals surface area contributed by atoms with Gasteiger partial charge in [-0.15, -0.1) is 0 Å². The van der Waals surface area contributed by atoms with Crippen molar-refractivity contribution in [2.75, 3.05) is 13.7 Å². The van der Waals surface area contributed by atoms with Crippen molar-refractivity contribution in [1.82, 2.24) is 4.90 Å². The van der Waals surface area contributed by atoms with E-state index in [0.717, 1.165) is 0 Å². The SMILES string of the molecule is CO[C@H](C)CN1C(=O)c2ccccc2C1=O. The fourth-order valence-electron chi connectivity index (χ4n) is 1.74. The largest absolute Gasteiger partial charge is 0.380 e. The summed E-state index contributed by atoms with van der Waals surface area (Å²) < 4.78 is 5.06. The van der Waals surface area contributed by atoms with E-state index in [-0.39, 0.29) is 17.9 Å². The summed E-state index contributed by atoms with van der Waals surface area (Å²) in [4.78, 5) is 25.1. The molecule has 2 rings (SSSR count). The first-order valence-electron chi connectivity index (χ1n) is 5.13. The van der Waals surface area contributed by atoms with Crippen LogP contribution >= 0.6 is 0 Å². The molecular weight excluding hydrogens is 206 g/mol. The van der Waals surface area contributed by atoms with Crippen molar-refractivity contribution in [3.8, 4) is 0 Å². The number of imide groups is 1. The number of hydrogen-bond donors (Lipinski definition) is 0. The van der Waals surface area contributed by atoms with Gasteiger partial charge in [0.2, 0.25) is 0 Å². The van der Waals surface area contributed by atoms with E-state index in [1.54, 1.807) is 31.4 Å². The van der Waals surface area contributed by atoms with Gasteiger partial charge in [-0.2, -0.15) is 0 Å². The Kier molecular flexibility index (Phi) is 2.75. The lowest BCUT2D eigenvalue weighted by molar-refractivity contribution is 0.0484. The molecule has 1 atom stereocenters. The van der Waals surface area contributed by atoms with Gasteiger partial charge in [-0.25, -0.2) is 0 Å². The van der Waals surface area contributed by atoms with E-state index < -0.39 is 0 Å².